The smallest absolute Gasteiger partial charge is 0.354 e. The topological polar surface area (TPSA) is 90.8 Å². The Bertz CT molecular complexity index is 1390. The minimum Gasteiger partial charge on any atom is -0.500 e. The third-order valence-corrected chi connectivity index (χ3v) is 6.70. The first-order valence-electron chi connectivity index (χ1n) is 11.0. The second-order valence-corrected chi connectivity index (χ2v) is 8.59. The molecule has 0 saturated heterocycles. The van der Waals surface area contributed by atoms with Gasteiger partial charge in [0.25, 0.3) is 0 Å². The molecule has 4 aromatic rings. The monoisotopic (exact) mass is 634 g/mol. The Morgan fingerprint density at radius 3 is 2.65 bits per heavy atom. The third kappa shape index (κ3) is 3.67. The summed E-state index contributed by atoms with van der Waals surface area (Å²) >= 11 is 0. The van der Waals surface area contributed by atoms with Gasteiger partial charge in [-0.1, -0.05) is 43.2 Å². The number of carboxylic acids is 1. The van der Waals surface area contributed by atoms with E-state index in [0.717, 1.165) is 39.8 Å². The van der Waals surface area contributed by atoms with E-state index in [1.54, 1.807) is 12.1 Å². The molecule has 0 amide bonds. The fraction of sp³-hybridized carbons (Fsp3) is 0.269. The molecule has 4 heterocycles. The minimum atomic E-state index is -0.990. The summed E-state index contributed by atoms with van der Waals surface area (Å²) in [6.07, 6.45) is 8.49. The molecule has 7 nitrogen and oxygen atoms in total. The molecule has 2 aromatic carbocycles. The van der Waals surface area contributed by atoms with Crippen molar-refractivity contribution in [2.75, 3.05) is 13.4 Å². The Labute approximate surface area is 209 Å². The van der Waals surface area contributed by atoms with E-state index in [9.17, 15) is 4.79 Å². The summed E-state index contributed by atoms with van der Waals surface area (Å²) in [4.78, 5) is 18.5. The Hall–Kier alpha value is -3.22. The number of rotatable bonds is 1. The fourth-order valence-electron chi connectivity index (χ4n) is 5.03. The summed E-state index contributed by atoms with van der Waals surface area (Å²) in [6.45, 7) is 1.06. The molecular formula is C26H21IrN2O5-. The number of aromatic carboxylic acids is 1. The van der Waals surface area contributed by atoms with Gasteiger partial charge in [0.1, 0.15) is 11.4 Å². The van der Waals surface area contributed by atoms with Crippen molar-refractivity contribution in [2.24, 2.45) is 0 Å². The molecule has 1 saturated carbocycles. The van der Waals surface area contributed by atoms with Gasteiger partial charge in [-0.25, -0.2) is 9.78 Å². The number of ether oxygens (including phenoxy) is 3. The standard InChI is InChI=1S/C20H16NO3.C6H5NO2.Ir/c1-2-6-20(5-1)10-22-19-13-4-3-12-7-16-17(24-11-23-16)8-14(12)18(13)21-9-15(19)20;8-6(9)5-3-1-2-4-7-5;/h3-4,7,9H,1-2,5-6,10-11H2;1-4H,(H,8,9);/q-1;;. The van der Waals surface area contributed by atoms with Gasteiger partial charge in [0.05, 0.1) is 18.1 Å². The van der Waals surface area contributed by atoms with E-state index in [1.165, 1.54) is 43.5 Å². The molecule has 34 heavy (non-hydrogen) atoms. The summed E-state index contributed by atoms with van der Waals surface area (Å²) in [7, 11) is 0. The van der Waals surface area contributed by atoms with Crippen LogP contribution < -0.4 is 14.2 Å². The van der Waals surface area contributed by atoms with Gasteiger partial charge in [-0.05, 0) is 30.5 Å². The molecule has 1 aliphatic carbocycles. The summed E-state index contributed by atoms with van der Waals surface area (Å²) in [6, 6.07) is 14.3. The molecule has 175 valence electrons. The van der Waals surface area contributed by atoms with E-state index in [2.05, 4.69) is 23.2 Å². The first-order chi connectivity index (χ1) is 16.1. The molecule has 1 N–H and O–H groups in total. The molecule has 7 rings (SSSR count). The van der Waals surface area contributed by atoms with Crippen molar-refractivity contribution in [3.05, 3.63) is 66.1 Å². The summed E-state index contributed by atoms with van der Waals surface area (Å²) in [5.74, 6) is 1.46. The second kappa shape index (κ2) is 8.85. The van der Waals surface area contributed by atoms with Crippen LogP contribution in [0.15, 0.2) is 48.8 Å². The summed E-state index contributed by atoms with van der Waals surface area (Å²) < 4.78 is 17.1. The van der Waals surface area contributed by atoms with Gasteiger partial charge < -0.3 is 24.3 Å². The zero-order valence-electron chi connectivity index (χ0n) is 18.2. The van der Waals surface area contributed by atoms with E-state index in [0.29, 0.717) is 5.75 Å². The number of hydrogen-bond donors (Lipinski definition) is 1. The number of aromatic nitrogens is 2. The van der Waals surface area contributed by atoms with Crippen molar-refractivity contribution >= 4 is 27.6 Å². The molecule has 0 unspecified atom stereocenters. The molecule has 2 aromatic heterocycles. The van der Waals surface area contributed by atoms with Crippen molar-refractivity contribution in [2.45, 2.75) is 31.1 Å². The average molecular weight is 634 g/mol. The number of pyridine rings is 2. The predicted molar refractivity (Wildman–Crippen MR) is 121 cm³/mol. The van der Waals surface area contributed by atoms with Crippen LogP contribution in [0.1, 0.15) is 41.7 Å². The van der Waals surface area contributed by atoms with Gasteiger partial charge in [-0.2, -0.15) is 0 Å². The summed E-state index contributed by atoms with van der Waals surface area (Å²) in [5, 5.41) is 11.4. The number of carboxylic acid groups (broad SMARTS) is 1. The second-order valence-electron chi connectivity index (χ2n) is 8.59. The maximum Gasteiger partial charge on any atom is 0.354 e. The van der Waals surface area contributed by atoms with E-state index >= 15 is 0 Å². The number of carbonyl (C=O) groups is 1. The zero-order valence-corrected chi connectivity index (χ0v) is 20.6. The van der Waals surface area contributed by atoms with Crippen LogP contribution in [0.2, 0.25) is 0 Å². The largest absolute Gasteiger partial charge is 0.500 e. The Kier molecular flexibility index (Phi) is 5.88. The Morgan fingerprint density at radius 2 is 1.91 bits per heavy atom. The van der Waals surface area contributed by atoms with Crippen LogP contribution in [0, 0.1) is 6.07 Å². The van der Waals surface area contributed by atoms with Crippen molar-refractivity contribution in [1.82, 2.24) is 9.97 Å². The van der Waals surface area contributed by atoms with E-state index in [1.807, 2.05) is 12.3 Å². The van der Waals surface area contributed by atoms with E-state index in [-0.39, 0.29) is 38.0 Å². The van der Waals surface area contributed by atoms with Crippen LogP contribution in [0.3, 0.4) is 0 Å². The first-order valence-corrected chi connectivity index (χ1v) is 11.0. The molecule has 1 fully saturated rings. The molecule has 8 heteroatoms. The Balaban J connectivity index is 0.000000206. The molecule has 1 radical (unpaired) electrons. The zero-order chi connectivity index (χ0) is 22.4. The number of benzene rings is 2. The first kappa shape index (κ1) is 22.6. The normalized spacial score (nSPS) is 16.5. The van der Waals surface area contributed by atoms with E-state index < -0.39 is 5.97 Å². The Morgan fingerprint density at radius 1 is 1.06 bits per heavy atom. The predicted octanol–water partition coefficient (Wildman–Crippen LogP) is 4.90. The van der Waals surface area contributed by atoms with Crippen molar-refractivity contribution in [3.8, 4) is 17.2 Å². The molecule has 0 atom stereocenters. The molecule has 2 aliphatic heterocycles. The van der Waals surface area contributed by atoms with Crippen molar-refractivity contribution in [1.29, 1.82) is 0 Å². The van der Waals surface area contributed by atoms with Gasteiger partial charge in [0, 0.05) is 48.9 Å². The van der Waals surface area contributed by atoms with Crippen LogP contribution in [0.5, 0.6) is 17.2 Å². The van der Waals surface area contributed by atoms with Gasteiger partial charge in [0.15, 0.2) is 0 Å². The van der Waals surface area contributed by atoms with Crippen LogP contribution in [-0.4, -0.2) is 34.4 Å². The van der Waals surface area contributed by atoms with Gasteiger partial charge in [0.2, 0.25) is 6.79 Å². The van der Waals surface area contributed by atoms with Crippen LogP contribution in [0.25, 0.3) is 21.7 Å². The molecule has 3 aliphatic rings. The van der Waals surface area contributed by atoms with Crippen LogP contribution in [0.4, 0.5) is 0 Å². The van der Waals surface area contributed by atoms with Gasteiger partial charge >= 0.3 is 5.97 Å². The van der Waals surface area contributed by atoms with Gasteiger partial charge in [-0.3, -0.25) is 0 Å². The number of fused-ring (bicyclic) bond motifs is 7. The average Bonchev–Trinajstić information content (AvgIpc) is 3.59. The molecular weight excluding hydrogens is 613 g/mol. The van der Waals surface area contributed by atoms with Crippen LogP contribution in [-0.2, 0) is 25.5 Å². The van der Waals surface area contributed by atoms with Crippen LogP contribution >= 0.6 is 0 Å². The minimum absolute atomic E-state index is 0. The number of hydrogen-bond acceptors (Lipinski definition) is 6. The maximum atomic E-state index is 10.1. The summed E-state index contributed by atoms with van der Waals surface area (Å²) in [5.41, 5.74) is 2.51. The quantitative estimate of drug-likeness (QED) is 0.236. The van der Waals surface area contributed by atoms with E-state index in [4.69, 9.17) is 24.3 Å². The fourth-order valence-corrected chi connectivity index (χ4v) is 5.03. The SMILES string of the molecule is O=C(O)c1ccccn1.[Ir].[c-]1c2c(cc3ccc4c5c(cnc4c13)C1(CCCC1)CO5)OCO2. The molecule has 0 bridgehead atoms. The van der Waals surface area contributed by atoms with Crippen molar-refractivity contribution in [3.63, 3.8) is 0 Å². The molecule has 1 spiro atoms. The van der Waals surface area contributed by atoms with Gasteiger partial charge in [-0.15, -0.1) is 10.8 Å². The maximum absolute atomic E-state index is 10.1. The number of nitrogens with zero attached hydrogens (tertiary/aromatic N) is 2. The van der Waals surface area contributed by atoms with Crippen molar-refractivity contribution < 1.29 is 44.2 Å². The third-order valence-electron chi connectivity index (χ3n) is 6.70.